The van der Waals surface area contributed by atoms with Crippen LogP contribution in [-0.4, -0.2) is 40.4 Å². The molecule has 4 aromatic rings. The molecule has 1 aliphatic carbocycles. The lowest BCUT2D eigenvalue weighted by Gasteiger charge is -2.39. The largest absolute Gasteiger partial charge is 0.439 e. The average molecular weight is 530 g/mol. The number of aromatic nitrogens is 3. The molecular weight excluding hydrogens is 508 g/mol. The predicted molar refractivity (Wildman–Crippen MR) is 127 cm³/mol. The quantitative estimate of drug-likeness (QED) is 0.325. The molecule has 1 N–H and O–H groups in total. The van der Waals surface area contributed by atoms with Crippen molar-refractivity contribution in [2.75, 3.05) is 18.0 Å². The zero-order valence-electron chi connectivity index (χ0n) is 19.9. The number of nitrogens with zero attached hydrogens (tertiary/aromatic N) is 3. The number of benzene rings is 2. The van der Waals surface area contributed by atoms with Gasteiger partial charge in [0.05, 0.1) is 18.7 Å². The van der Waals surface area contributed by atoms with Crippen LogP contribution in [0.3, 0.4) is 0 Å². The first-order valence-electron chi connectivity index (χ1n) is 12.1. The van der Waals surface area contributed by atoms with E-state index in [1.807, 2.05) is 0 Å². The number of hydrogen-bond donors (Lipinski definition) is 1. The highest BCUT2D eigenvalue weighted by molar-refractivity contribution is 5.65. The van der Waals surface area contributed by atoms with Gasteiger partial charge in [0.15, 0.2) is 5.82 Å². The molecule has 2 fully saturated rings. The maximum atomic E-state index is 15.2. The molecule has 0 radical (unpaired) electrons. The number of anilines is 1. The van der Waals surface area contributed by atoms with Crippen LogP contribution < -0.4 is 10.7 Å². The molecule has 2 aliphatic rings. The van der Waals surface area contributed by atoms with Gasteiger partial charge in [-0.25, -0.2) is 22.4 Å². The van der Waals surface area contributed by atoms with Gasteiger partial charge >= 0.3 is 5.76 Å². The Morgan fingerprint density at radius 3 is 2.39 bits per heavy atom. The van der Waals surface area contributed by atoms with E-state index in [0.717, 1.165) is 25.0 Å². The second kappa shape index (κ2) is 9.43. The first kappa shape index (κ1) is 24.4. The lowest BCUT2D eigenvalue weighted by atomic mass is 10.0. The molecule has 1 atom stereocenters. The number of ether oxygens (including phenoxy) is 1. The van der Waals surface area contributed by atoms with Gasteiger partial charge in [0.2, 0.25) is 0 Å². The summed E-state index contributed by atoms with van der Waals surface area (Å²) in [7, 11) is 0. The third-order valence-electron chi connectivity index (χ3n) is 6.88. The van der Waals surface area contributed by atoms with Gasteiger partial charge in [-0.2, -0.15) is 0 Å². The van der Waals surface area contributed by atoms with Crippen molar-refractivity contribution in [2.45, 2.75) is 43.8 Å². The average Bonchev–Trinajstić information content (AvgIpc) is 3.51. The molecule has 1 aliphatic heterocycles. The molecule has 0 bridgehead atoms. The van der Waals surface area contributed by atoms with Crippen molar-refractivity contribution in [2.24, 2.45) is 0 Å². The van der Waals surface area contributed by atoms with Crippen LogP contribution in [0.1, 0.15) is 36.5 Å². The Bertz CT molecular complexity index is 1490. The zero-order chi connectivity index (χ0) is 26.4. The van der Waals surface area contributed by atoms with Crippen molar-refractivity contribution in [1.29, 1.82) is 0 Å². The Balaban J connectivity index is 1.17. The molecular formula is C26H22F4N4O4. The summed E-state index contributed by atoms with van der Waals surface area (Å²) in [6, 6.07) is 10.1. The lowest BCUT2D eigenvalue weighted by Crippen LogP contribution is -2.52. The smallest absolute Gasteiger partial charge is 0.367 e. The van der Waals surface area contributed by atoms with Gasteiger partial charge in [-0.3, -0.25) is 9.51 Å². The summed E-state index contributed by atoms with van der Waals surface area (Å²) in [4.78, 5) is 15.1. The molecule has 2 aromatic carbocycles. The number of rotatable bonds is 7. The summed E-state index contributed by atoms with van der Waals surface area (Å²) in [6.45, 7) is -0.580. The first-order valence-corrected chi connectivity index (χ1v) is 12.1. The Morgan fingerprint density at radius 1 is 1.03 bits per heavy atom. The van der Waals surface area contributed by atoms with E-state index in [4.69, 9.17) is 9.26 Å². The highest BCUT2D eigenvalue weighted by Gasteiger charge is 2.46. The summed E-state index contributed by atoms with van der Waals surface area (Å²) < 4.78 is 75.0. The second-order valence-electron chi connectivity index (χ2n) is 9.51. The number of piperidine rings is 1. The summed E-state index contributed by atoms with van der Waals surface area (Å²) in [6.07, 6.45) is 0.264. The first-order chi connectivity index (χ1) is 18.3. The molecule has 2 aromatic heterocycles. The fourth-order valence-electron chi connectivity index (χ4n) is 4.76. The van der Waals surface area contributed by atoms with Crippen molar-refractivity contribution < 1.29 is 31.3 Å². The maximum Gasteiger partial charge on any atom is 0.439 e. The zero-order valence-corrected chi connectivity index (χ0v) is 19.9. The van der Waals surface area contributed by atoms with Crippen molar-refractivity contribution in [3.63, 3.8) is 0 Å². The Hall–Kier alpha value is -3.93. The van der Waals surface area contributed by atoms with Crippen LogP contribution in [0.4, 0.5) is 23.2 Å². The third kappa shape index (κ3) is 4.60. The van der Waals surface area contributed by atoms with Crippen LogP contribution in [-0.2, 0) is 11.3 Å². The number of alkyl halides is 2. The Morgan fingerprint density at radius 2 is 1.76 bits per heavy atom. The number of H-pyrrole nitrogens is 1. The molecule has 1 unspecified atom stereocenters. The minimum Gasteiger partial charge on any atom is -0.367 e. The van der Waals surface area contributed by atoms with Crippen LogP contribution in [0.2, 0.25) is 0 Å². The van der Waals surface area contributed by atoms with Gasteiger partial charge in [-0.05, 0) is 55.7 Å². The SMILES string of the molecule is O=c1[nH]c(-c2ccc(N3CCC(OCc4c(-c5c(F)cccc5F)noc4C4CC4)C(F)(F)C3)cc2)no1. The maximum absolute atomic E-state index is 15.2. The predicted octanol–water partition coefficient (Wildman–Crippen LogP) is 5.27. The Kier molecular flexibility index (Phi) is 6.05. The number of aromatic amines is 1. The molecule has 38 heavy (non-hydrogen) atoms. The van der Waals surface area contributed by atoms with E-state index in [0.29, 0.717) is 29.1 Å². The normalized spacial score (nSPS) is 19.2. The van der Waals surface area contributed by atoms with E-state index in [1.54, 1.807) is 29.2 Å². The van der Waals surface area contributed by atoms with E-state index < -0.39 is 36.0 Å². The highest BCUT2D eigenvalue weighted by Crippen LogP contribution is 2.45. The molecule has 198 valence electrons. The van der Waals surface area contributed by atoms with Gasteiger partial charge in [-0.1, -0.05) is 16.4 Å². The minimum absolute atomic E-state index is 0.0266. The summed E-state index contributed by atoms with van der Waals surface area (Å²) in [5.41, 5.74) is 1.03. The number of nitrogens with one attached hydrogen (secondary N) is 1. The van der Waals surface area contributed by atoms with Gasteiger partial charge in [0, 0.05) is 29.3 Å². The highest BCUT2D eigenvalue weighted by atomic mass is 19.3. The van der Waals surface area contributed by atoms with Crippen LogP contribution >= 0.6 is 0 Å². The van der Waals surface area contributed by atoms with Crippen molar-refractivity contribution in [3.05, 3.63) is 76.0 Å². The third-order valence-corrected chi connectivity index (χ3v) is 6.88. The van der Waals surface area contributed by atoms with Gasteiger partial charge in [-0.15, -0.1) is 0 Å². The van der Waals surface area contributed by atoms with E-state index in [-0.39, 0.29) is 36.0 Å². The van der Waals surface area contributed by atoms with Crippen LogP contribution in [0.25, 0.3) is 22.6 Å². The molecule has 3 heterocycles. The molecule has 1 saturated heterocycles. The fourth-order valence-corrected chi connectivity index (χ4v) is 4.76. The molecule has 12 heteroatoms. The lowest BCUT2D eigenvalue weighted by molar-refractivity contribution is -0.148. The summed E-state index contributed by atoms with van der Waals surface area (Å²) >= 11 is 0. The van der Waals surface area contributed by atoms with Crippen LogP contribution in [0, 0.1) is 11.6 Å². The van der Waals surface area contributed by atoms with Crippen LogP contribution in [0.15, 0.2) is 56.3 Å². The summed E-state index contributed by atoms with van der Waals surface area (Å²) in [5.74, 6) is -4.82. The van der Waals surface area contributed by atoms with Crippen molar-refractivity contribution >= 4 is 5.69 Å². The molecule has 1 saturated carbocycles. The van der Waals surface area contributed by atoms with E-state index in [1.165, 1.54) is 6.07 Å². The monoisotopic (exact) mass is 530 g/mol. The van der Waals surface area contributed by atoms with E-state index in [2.05, 4.69) is 19.8 Å². The van der Waals surface area contributed by atoms with Crippen molar-refractivity contribution in [3.8, 4) is 22.6 Å². The molecule has 8 nitrogen and oxygen atoms in total. The molecule has 6 rings (SSSR count). The van der Waals surface area contributed by atoms with Gasteiger partial charge < -0.3 is 14.2 Å². The minimum atomic E-state index is -3.20. The van der Waals surface area contributed by atoms with E-state index >= 15 is 8.78 Å². The number of halogens is 4. The van der Waals surface area contributed by atoms with Crippen LogP contribution in [0.5, 0.6) is 0 Å². The fraction of sp³-hybridized carbons (Fsp3) is 0.346. The van der Waals surface area contributed by atoms with Gasteiger partial charge in [0.1, 0.15) is 29.2 Å². The molecule has 0 amide bonds. The van der Waals surface area contributed by atoms with Gasteiger partial charge in [0.25, 0.3) is 5.92 Å². The Labute approximate surface area is 213 Å². The van der Waals surface area contributed by atoms with E-state index in [9.17, 15) is 13.6 Å². The summed E-state index contributed by atoms with van der Waals surface area (Å²) in [5, 5.41) is 7.50. The number of hydrogen-bond acceptors (Lipinski definition) is 7. The van der Waals surface area contributed by atoms with Crippen molar-refractivity contribution in [1.82, 2.24) is 15.3 Å². The molecule has 0 spiro atoms. The standard InChI is InChI=1S/C26H22F4N4O4/c27-18-2-1-3-19(28)21(18)22-17(23(37-32-22)14-4-5-14)12-36-20-10-11-34(13-26(20,29)30)16-8-6-15(7-9-16)24-31-25(35)38-33-24/h1-3,6-9,14,20H,4-5,10-13H2,(H,31,33,35). The topological polar surface area (TPSA) is 97.4 Å². The second-order valence-corrected chi connectivity index (χ2v) is 9.51.